The molecule has 0 spiro atoms. The molecule has 25 heavy (non-hydrogen) atoms. The van der Waals surface area contributed by atoms with Crippen molar-refractivity contribution in [2.24, 2.45) is 0 Å². The topological polar surface area (TPSA) is 71.7 Å². The van der Waals surface area contributed by atoms with Gasteiger partial charge in [-0.1, -0.05) is 6.07 Å². The van der Waals surface area contributed by atoms with Gasteiger partial charge in [0.25, 0.3) is 0 Å². The van der Waals surface area contributed by atoms with Gasteiger partial charge in [-0.3, -0.25) is 0 Å². The predicted octanol–water partition coefficient (Wildman–Crippen LogP) is 2.80. The third kappa shape index (κ3) is 4.22. The molecule has 3 rings (SSSR count). The second-order valence-electron chi connectivity index (χ2n) is 7.78. The fourth-order valence-electron chi connectivity index (χ4n) is 3.25. The van der Waals surface area contributed by atoms with E-state index >= 15 is 0 Å². The van der Waals surface area contributed by atoms with Gasteiger partial charge < -0.3 is 19.6 Å². The summed E-state index contributed by atoms with van der Waals surface area (Å²) in [7, 11) is 0. The third-order valence-corrected chi connectivity index (χ3v) is 4.51. The van der Waals surface area contributed by atoms with Crippen molar-refractivity contribution >= 4 is 11.0 Å². The van der Waals surface area contributed by atoms with Crippen molar-refractivity contribution in [2.45, 2.75) is 58.1 Å². The summed E-state index contributed by atoms with van der Waals surface area (Å²) < 4.78 is 11.4. The number of rotatable bonds is 5. The van der Waals surface area contributed by atoms with Crippen LogP contribution < -0.4 is 15.7 Å². The Kier molecular flexibility index (Phi) is 5.16. The van der Waals surface area contributed by atoms with Crippen LogP contribution in [0.3, 0.4) is 0 Å². The van der Waals surface area contributed by atoms with Crippen LogP contribution in [0.4, 0.5) is 0 Å². The maximum atomic E-state index is 12.2. The normalized spacial score (nSPS) is 15.8. The molecule has 0 radical (unpaired) electrons. The molecule has 1 aliphatic rings. The standard InChI is InChI=1S/C20H27NO4/c1-20(2,3)21-11-13(22)12-24-16-9-6-10-17-18(16)14-7-4-5-8-15(14)19(23)25-17/h6,9-10,13,21-22H,4-5,7-8,11-12H2,1-3H3. The lowest BCUT2D eigenvalue weighted by Gasteiger charge is -2.23. The largest absolute Gasteiger partial charge is 0.490 e. The number of aliphatic hydroxyl groups excluding tert-OH is 1. The van der Waals surface area contributed by atoms with E-state index in [4.69, 9.17) is 9.15 Å². The Morgan fingerprint density at radius 3 is 2.68 bits per heavy atom. The number of hydrogen-bond acceptors (Lipinski definition) is 5. The summed E-state index contributed by atoms with van der Waals surface area (Å²) >= 11 is 0. The van der Waals surface area contributed by atoms with E-state index in [1.165, 1.54) is 0 Å². The Balaban J connectivity index is 1.83. The van der Waals surface area contributed by atoms with Crippen molar-refractivity contribution < 1.29 is 14.3 Å². The van der Waals surface area contributed by atoms with Crippen molar-refractivity contribution in [2.75, 3.05) is 13.2 Å². The van der Waals surface area contributed by atoms with Crippen molar-refractivity contribution in [1.82, 2.24) is 5.32 Å². The van der Waals surface area contributed by atoms with Crippen molar-refractivity contribution in [3.63, 3.8) is 0 Å². The number of ether oxygens (including phenoxy) is 1. The number of aryl methyl sites for hydroxylation is 1. The molecule has 0 bridgehead atoms. The van der Waals surface area contributed by atoms with E-state index in [-0.39, 0.29) is 17.8 Å². The molecule has 1 heterocycles. The summed E-state index contributed by atoms with van der Waals surface area (Å²) in [5.41, 5.74) is 2.11. The summed E-state index contributed by atoms with van der Waals surface area (Å²) in [6.45, 7) is 6.82. The minimum atomic E-state index is -0.610. The van der Waals surface area contributed by atoms with E-state index in [2.05, 4.69) is 26.1 Å². The molecule has 2 N–H and O–H groups in total. The monoisotopic (exact) mass is 345 g/mol. The molecule has 1 atom stereocenters. The molecule has 1 unspecified atom stereocenters. The fraction of sp³-hybridized carbons (Fsp3) is 0.550. The minimum absolute atomic E-state index is 0.0527. The van der Waals surface area contributed by atoms with Gasteiger partial charge in [0.1, 0.15) is 24.0 Å². The van der Waals surface area contributed by atoms with E-state index in [1.54, 1.807) is 6.07 Å². The Morgan fingerprint density at radius 1 is 1.24 bits per heavy atom. The van der Waals surface area contributed by atoms with Gasteiger partial charge in [-0.05, 0) is 64.2 Å². The Hall–Kier alpha value is -1.85. The van der Waals surface area contributed by atoms with E-state index in [0.29, 0.717) is 17.9 Å². The number of hydrogen-bond donors (Lipinski definition) is 2. The summed E-state index contributed by atoms with van der Waals surface area (Å²) in [4.78, 5) is 12.2. The van der Waals surface area contributed by atoms with Crippen LogP contribution in [0.2, 0.25) is 0 Å². The van der Waals surface area contributed by atoms with Crippen molar-refractivity contribution in [3.8, 4) is 5.75 Å². The summed E-state index contributed by atoms with van der Waals surface area (Å²) in [5.74, 6) is 0.675. The highest BCUT2D eigenvalue weighted by molar-refractivity contribution is 5.87. The van der Waals surface area contributed by atoms with Gasteiger partial charge >= 0.3 is 5.63 Å². The van der Waals surface area contributed by atoms with Crippen LogP contribution in [0.5, 0.6) is 5.75 Å². The second-order valence-corrected chi connectivity index (χ2v) is 7.78. The Morgan fingerprint density at radius 2 is 1.96 bits per heavy atom. The van der Waals surface area contributed by atoms with Crippen LogP contribution in [0, 0.1) is 0 Å². The highest BCUT2D eigenvalue weighted by Gasteiger charge is 2.21. The molecular formula is C20H27NO4. The summed E-state index contributed by atoms with van der Waals surface area (Å²) in [6.07, 6.45) is 3.11. The van der Waals surface area contributed by atoms with Crippen LogP contribution in [0.25, 0.3) is 11.0 Å². The van der Waals surface area contributed by atoms with Gasteiger partial charge in [-0.2, -0.15) is 0 Å². The van der Waals surface area contributed by atoms with Crippen molar-refractivity contribution in [3.05, 3.63) is 39.7 Å². The molecule has 0 amide bonds. The lowest BCUT2D eigenvalue weighted by molar-refractivity contribution is 0.101. The molecule has 1 aliphatic carbocycles. The van der Waals surface area contributed by atoms with Gasteiger partial charge in [0.05, 0.1) is 5.39 Å². The first-order chi connectivity index (χ1) is 11.8. The van der Waals surface area contributed by atoms with Crippen LogP contribution in [0.1, 0.15) is 44.7 Å². The summed E-state index contributed by atoms with van der Waals surface area (Å²) in [5, 5.41) is 14.3. The average Bonchev–Trinajstić information content (AvgIpc) is 2.57. The maximum absolute atomic E-state index is 12.2. The van der Waals surface area contributed by atoms with Crippen LogP contribution >= 0.6 is 0 Å². The third-order valence-electron chi connectivity index (χ3n) is 4.51. The fourth-order valence-corrected chi connectivity index (χ4v) is 3.25. The first-order valence-electron chi connectivity index (χ1n) is 8.98. The number of aliphatic hydroxyl groups is 1. The number of benzene rings is 1. The van der Waals surface area contributed by atoms with E-state index in [9.17, 15) is 9.90 Å². The van der Waals surface area contributed by atoms with E-state index in [0.717, 1.165) is 42.2 Å². The smallest absolute Gasteiger partial charge is 0.339 e. The molecule has 0 saturated carbocycles. The molecule has 5 heteroatoms. The molecule has 1 aromatic carbocycles. The summed E-state index contributed by atoms with van der Waals surface area (Å²) in [6, 6.07) is 5.49. The first-order valence-corrected chi connectivity index (χ1v) is 8.98. The van der Waals surface area contributed by atoms with Gasteiger partial charge in [0.15, 0.2) is 0 Å². The van der Waals surface area contributed by atoms with Crippen LogP contribution in [0.15, 0.2) is 27.4 Å². The van der Waals surface area contributed by atoms with E-state index < -0.39 is 6.10 Å². The highest BCUT2D eigenvalue weighted by Crippen LogP contribution is 2.33. The zero-order valence-electron chi connectivity index (χ0n) is 15.2. The molecular weight excluding hydrogens is 318 g/mol. The van der Waals surface area contributed by atoms with Gasteiger partial charge in [-0.25, -0.2) is 4.79 Å². The molecule has 2 aromatic rings. The molecule has 1 aromatic heterocycles. The van der Waals surface area contributed by atoms with E-state index in [1.807, 2.05) is 12.1 Å². The molecule has 0 fully saturated rings. The quantitative estimate of drug-likeness (QED) is 0.816. The van der Waals surface area contributed by atoms with Gasteiger partial charge in [-0.15, -0.1) is 0 Å². The SMILES string of the molecule is CC(C)(C)NCC(O)COc1cccc2oc(=O)c3c(c12)CCCC3. The molecule has 136 valence electrons. The molecule has 0 saturated heterocycles. The zero-order chi connectivity index (χ0) is 18.0. The lowest BCUT2D eigenvalue weighted by Crippen LogP contribution is -2.42. The Labute approximate surface area is 148 Å². The minimum Gasteiger partial charge on any atom is -0.490 e. The number of nitrogens with one attached hydrogen (secondary N) is 1. The number of fused-ring (bicyclic) bond motifs is 3. The first kappa shape index (κ1) is 18.0. The molecule has 5 nitrogen and oxygen atoms in total. The lowest BCUT2D eigenvalue weighted by atomic mass is 9.90. The average molecular weight is 345 g/mol. The van der Waals surface area contributed by atoms with Gasteiger partial charge in [0.2, 0.25) is 0 Å². The Bertz CT molecular complexity index is 804. The molecule has 0 aliphatic heterocycles. The van der Waals surface area contributed by atoms with Gasteiger partial charge in [0, 0.05) is 17.6 Å². The maximum Gasteiger partial charge on any atom is 0.339 e. The van der Waals surface area contributed by atoms with Crippen molar-refractivity contribution in [1.29, 1.82) is 0 Å². The zero-order valence-corrected chi connectivity index (χ0v) is 15.2. The second kappa shape index (κ2) is 7.18. The highest BCUT2D eigenvalue weighted by atomic mass is 16.5. The van der Waals surface area contributed by atoms with Crippen LogP contribution in [-0.2, 0) is 12.8 Å². The number of β-amino-alcohol motifs (C(OH)–C–C–N with tert-alkyl or cyclic N) is 1. The predicted molar refractivity (Wildman–Crippen MR) is 98.4 cm³/mol. The van der Waals surface area contributed by atoms with Crippen LogP contribution in [-0.4, -0.2) is 29.9 Å².